The average Bonchev–Trinajstić information content (AvgIpc) is 3.14. The molecule has 1 spiro atoms. The SMILES string of the molecule is NC1=NC2(CCCCC2)N(c2ccc(OCc3cccs3)cc2)C(N)=N1. The van der Waals surface area contributed by atoms with Crippen LogP contribution < -0.4 is 21.1 Å². The van der Waals surface area contributed by atoms with Gasteiger partial charge in [-0.1, -0.05) is 12.5 Å². The van der Waals surface area contributed by atoms with Gasteiger partial charge in [0.25, 0.3) is 0 Å². The summed E-state index contributed by atoms with van der Waals surface area (Å²) >= 11 is 1.69. The Morgan fingerprint density at radius 1 is 1.08 bits per heavy atom. The Bertz CT molecular complexity index is 807. The fourth-order valence-corrected chi connectivity index (χ4v) is 4.35. The molecule has 0 unspecified atom stereocenters. The molecule has 2 aliphatic rings. The first-order valence-electron chi connectivity index (χ1n) is 8.91. The maximum atomic E-state index is 6.25. The summed E-state index contributed by atoms with van der Waals surface area (Å²) in [7, 11) is 0. The smallest absolute Gasteiger partial charge is 0.220 e. The van der Waals surface area contributed by atoms with E-state index < -0.39 is 5.66 Å². The lowest BCUT2D eigenvalue weighted by atomic mass is 9.87. The molecule has 4 N–H and O–H groups in total. The van der Waals surface area contributed by atoms with Crippen molar-refractivity contribution in [3.8, 4) is 5.75 Å². The first-order valence-corrected chi connectivity index (χ1v) is 9.79. The molecule has 1 aromatic heterocycles. The van der Waals surface area contributed by atoms with Crippen molar-refractivity contribution in [2.45, 2.75) is 44.4 Å². The number of nitrogens with two attached hydrogens (primary N) is 2. The molecule has 1 aromatic carbocycles. The normalized spacial score (nSPS) is 19.2. The van der Waals surface area contributed by atoms with Gasteiger partial charge < -0.3 is 16.2 Å². The Labute approximate surface area is 157 Å². The van der Waals surface area contributed by atoms with Crippen molar-refractivity contribution in [1.29, 1.82) is 0 Å². The number of hydrogen-bond donors (Lipinski definition) is 2. The zero-order valence-corrected chi connectivity index (χ0v) is 15.4. The number of nitrogens with zero attached hydrogens (tertiary/aromatic N) is 3. The Hall–Kier alpha value is -2.54. The van der Waals surface area contributed by atoms with Crippen molar-refractivity contribution < 1.29 is 4.74 Å². The van der Waals surface area contributed by atoms with Crippen LogP contribution in [-0.4, -0.2) is 17.6 Å². The number of anilines is 1. The summed E-state index contributed by atoms with van der Waals surface area (Å²) < 4.78 is 5.86. The lowest BCUT2D eigenvalue weighted by molar-refractivity contribution is 0.304. The lowest BCUT2D eigenvalue weighted by Crippen LogP contribution is -2.58. The molecule has 1 aliphatic carbocycles. The number of benzene rings is 1. The molecule has 1 saturated carbocycles. The minimum Gasteiger partial charge on any atom is -0.488 e. The molecule has 2 heterocycles. The van der Waals surface area contributed by atoms with Crippen LogP contribution in [0.25, 0.3) is 0 Å². The zero-order valence-electron chi connectivity index (χ0n) is 14.6. The Morgan fingerprint density at radius 2 is 1.85 bits per heavy atom. The Kier molecular flexibility index (Phi) is 4.55. The molecule has 0 amide bonds. The predicted molar refractivity (Wildman–Crippen MR) is 107 cm³/mol. The van der Waals surface area contributed by atoms with Crippen LogP contribution in [0.2, 0.25) is 0 Å². The maximum Gasteiger partial charge on any atom is 0.220 e. The first kappa shape index (κ1) is 16.9. The van der Waals surface area contributed by atoms with Crippen LogP contribution >= 0.6 is 11.3 Å². The van der Waals surface area contributed by atoms with E-state index in [9.17, 15) is 0 Å². The summed E-state index contributed by atoms with van der Waals surface area (Å²) in [6.45, 7) is 0.578. The van der Waals surface area contributed by atoms with E-state index in [2.05, 4.69) is 16.4 Å². The standard InChI is InChI=1S/C19H23N5OS/c20-17-22-18(21)24(19(23-17)10-2-1-3-11-19)14-6-8-15(9-7-14)25-13-16-5-4-12-26-16/h4-9,12H,1-3,10-11,13H2,(H4,20,21,22,23). The molecule has 4 rings (SSSR count). The molecular formula is C19H23N5OS. The number of thiophene rings is 1. The quantitative estimate of drug-likeness (QED) is 0.864. The Morgan fingerprint density at radius 3 is 2.54 bits per heavy atom. The van der Waals surface area contributed by atoms with Crippen molar-refractivity contribution in [3.05, 3.63) is 46.7 Å². The monoisotopic (exact) mass is 369 g/mol. The second kappa shape index (κ2) is 6.99. The molecular weight excluding hydrogens is 346 g/mol. The van der Waals surface area contributed by atoms with Gasteiger partial charge in [-0.25, -0.2) is 4.99 Å². The highest BCUT2D eigenvalue weighted by Gasteiger charge is 2.42. The highest BCUT2D eigenvalue weighted by Crippen LogP contribution is 2.39. The number of rotatable bonds is 4. The molecule has 0 atom stereocenters. The lowest BCUT2D eigenvalue weighted by Gasteiger charge is -2.45. The minimum absolute atomic E-state index is 0.275. The predicted octanol–water partition coefficient (Wildman–Crippen LogP) is 3.44. The van der Waals surface area contributed by atoms with Gasteiger partial charge in [0.15, 0.2) is 0 Å². The van der Waals surface area contributed by atoms with Crippen LogP contribution in [0.3, 0.4) is 0 Å². The van der Waals surface area contributed by atoms with Crippen molar-refractivity contribution in [3.63, 3.8) is 0 Å². The highest BCUT2D eigenvalue weighted by molar-refractivity contribution is 7.09. The summed E-state index contributed by atoms with van der Waals surface area (Å²) in [6, 6.07) is 12.1. The third kappa shape index (κ3) is 3.26. The van der Waals surface area contributed by atoms with E-state index in [1.807, 2.05) is 35.2 Å². The van der Waals surface area contributed by atoms with Gasteiger partial charge >= 0.3 is 0 Å². The summed E-state index contributed by atoms with van der Waals surface area (Å²) in [5.74, 6) is 1.51. The van der Waals surface area contributed by atoms with Crippen LogP contribution in [0.5, 0.6) is 5.75 Å². The van der Waals surface area contributed by atoms with Crippen LogP contribution in [0.1, 0.15) is 37.0 Å². The number of guanidine groups is 2. The minimum atomic E-state index is -0.409. The largest absolute Gasteiger partial charge is 0.488 e. The van der Waals surface area contributed by atoms with Gasteiger partial charge in [0, 0.05) is 10.6 Å². The number of aliphatic imine (C=N–C) groups is 2. The maximum absolute atomic E-state index is 6.25. The van der Waals surface area contributed by atoms with Crippen LogP contribution in [0.4, 0.5) is 5.69 Å². The zero-order chi connectivity index (χ0) is 18.0. The highest BCUT2D eigenvalue weighted by atomic mass is 32.1. The van der Waals surface area contributed by atoms with Gasteiger partial charge in [-0.15, -0.1) is 11.3 Å². The summed E-state index contributed by atoms with van der Waals surface area (Å²) in [5.41, 5.74) is 12.7. The molecule has 0 radical (unpaired) electrons. The molecule has 0 bridgehead atoms. The summed E-state index contributed by atoms with van der Waals surface area (Å²) in [4.78, 5) is 12.1. The van der Waals surface area contributed by atoms with Crippen LogP contribution in [-0.2, 0) is 6.61 Å². The average molecular weight is 369 g/mol. The van der Waals surface area contributed by atoms with E-state index in [0.29, 0.717) is 12.6 Å². The topological polar surface area (TPSA) is 89.2 Å². The number of ether oxygens (including phenoxy) is 1. The van der Waals surface area contributed by atoms with E-state index >= 15 is 0 Å². The van der Waals surface area contributed by atoms with E-state index in [1.54, 1.807) is 11.3 Å². The number of hydrogen-bond acceptors (Lipinski definition) is 7. The Balaban J connectivity index is 1.56. The molecule has 6 nitrogen and oxygen atoms in total. The first-order chi connectivity index (χ1) is 12.7. The van der Waals surface area contributed by atoms with Crippen molar-refractivity contribution in [2.24, 2.45) is 21.5 Å². The third-order valence-electron chi connectivity index (χ3n) is 4.91. The molecule has 26 heavy (non-hydrogen) atoms. The second-order valence-electron chi connectivity index (χ2n) is 6.68. The summed E-state index contributed by atoms with van der Waals surface area (Å²) in [5, 5.41) is 2.05. The van der Waals surface area contributed by atoms with Gasteiger partial charge in [0.2, 0.25) is 11.9 Å². The van der Waals surface area contributed by atoms with Crippen molar-refractivity contribution in [1.82, 2.24) is 0 Å². The molecule has 2 aromatic rings. The molecule has 1 aliphatic heterocycles. The van der Waals surface area contributed by atoms with E-state index in [4.69, 9.17) is 21.2 Å². The van der Waals surface area contributed by atoms with Crippen molar-refractivity contribution >= 4 is 28.9 Å². The second-order valence-corrected chi connectivity index (χ2v) is 7.71. The molecule has 1 fully saturated rings. The van der Waals surface area contributed by atoms with Gasteiger partial charge in [-0.05, 0) is 61.4 Å². The van der Waals surface area contributed by atoms with E-state index in [-0.39, 0.29) is 5.96 Å². The molecule has 7 heteroatoms. The van der Waals surface area contributed by atoms with Crippen LogP contribution in [0, 0.1) is 0 Å². The molecule has 0 saturated heterocycles. The van der Waals surface area contributed by atoms with Gasteiger partial charge in [-0.3, -0.25) is 4.90 Å². The van der Waals surface area contributed by atoms with Gasteiger partial charge in [-0.2, -0.15) is 4.99 Å². The van der Waals surface area contributed by atoms with Gasteiger partial charge in [0.1, 0.15) is 18.0 Å². The van der Waals surface area contributed by atoms with Crippen molar-refractivity contribution in [2.75, 3.05) is 4.90 Å². The fourth-order valence-electron chi connectivity index (χ4n) is 3.74. The summed E-state index contributed by atoms with van der Waals surface area (Å²) in [6.07, 6.45) is 5.31. The van der Waals surface area contributed by atoms with E-state index in [0.717, 1.165) is 37.1 Å². The third-order valence-corrected chi connectivity index (χ3v) is 5.76. The van der Waals surface area contributed by atoms with Crippen LogP contribution in [0.15, 0.2) is 51.8 Å². The fraction of sp³-hybridized carbons (Fsp3) is 0.368. The van der Waals surface area contributed by atoms with E-state index in [1.165, 1.54) is 11.3 Å². The molecule has 136 valence electrons. The van der Waals surface area contributed by atoms with Gasteiger partial charge in [0.05, 0.1) is 0 Å².